The number of rotatable bonds is 7. The van der Waals surface area contributed by atoms with Crippen molar-refractivity contribution in [2.75, 3.05) is 24.8 Å². The highest BCUT2D eigenvalue weighted by atomic mass is 32.2. The van der Waals surface area contributed by atoms with Gasteiger partial charge in [-0.2, -0.15) is 0 Å². The van der Waals surface area contributed by atoms with Crippen LogP contribution in [-0.2, 0) is 28.9 Å². The van der Waals surface area contributed by atoms with Gasteiger partial charge in [0.1, 0.15) is 10.6 Å². The summed E-state index contributed by atoms with van der Waals surface area (Å²) in [5.74, 6) is -0.640. The number of anilines is 1. The van der Waals surface area contributed by atoms with E-state index in [0.717, 1.165) is 41.5 Å². The van der Waals surface area contributed by atoms with Gasteiger partial charge in [-0.15, -0.1) is 11.3 Å². The zero-order valence-electron chi connectivity index (χ0n) is 16.6. The Morgan fingerprint density at radius 2 is 2.20 bits per heavy atom. The van der Waals surface area contributed by atoms with E-state index in [1.807, 2.05) is 0 Å². The second kappa shape index (κ2) is 9.28. The molecule has 0 radical (unpaired) electrons. The zero-order chi connectivity index (χ0) is 21.1. The van der Waals surface area contributed by atoms with Crippen molar-refractivity contribution in [3.63, 3.8) is 0 Å². The van der Waals surface area contributed by atoms with Crippen LogP contribution in [0.3, 0.4) is 0 Å². The van der Waals surface area contributed by atoms with Gasteiger partial charge in [-0.05, 0) is 49.4 Å². The Hall–Kier alpha value is -2.23. The Kier molecular flexibility index (Phi) is 6.50. The Labute approximate surface area is 181 Å². The van der Waals surface area contributed by atoms with Crippen LogP contribution in [0.4, 0.5) is 10.1 Å². The third-order valence-corrected chi connectivity index (χ3v) is 7.16. The molecule has 2 heterocycles. The van der Waals surface area contributed by atoms with Gasteiger partial charge in [0.25, 0.3) is 5.56 Å². The molecular weight excluding hydrogens is 425 g/mol. The molecule has 6 nitrogen and oxygen atoms in total. The summed E-state index contributed by atoms with van der Waals surface area (Å²) >= 11 is 2.79. The number of aromatic nitrogens is 2. The van der Waals surface area contributed by atoms with E-state index in [4.69, 9.17) is 9.72 Å². The van der Waals surface area contributed by atoms with Crippen LogP contribution >= 0.6 is 23.1 Å². The van der Waals surface area contributed by atoms with E-state index in [1.165, 1.54) is 34.8 Å². The number of carbonyl (C=O) groups is 1. The van der Waals surface area contributed by atoms with Crippen LogP contribution < -0.4 is 10.9 Å². The lowest BCUT2D eigenvalue weighted by molar-refractivity contribution is -0.113. The second-order valence-corrected chi connectivity index (χ2v) is 9.11. The number of methoxy groups -OCH3 is 1. The van der Waals surface area contributed by atoms with E-state index in [0.29, 0.717) is 24.0 Å². The van der Waals surface area contributed by atoms with Crippen molar-refractivity contribution in [3.8, 4) is 0 Å². The number of fused-ring (bicyclic) bond motifs is 3. The maximum absolute atomic E-state index is 13.3. The summed E-state index contributed by atoms with van der Waals surface area (Å²) in [5, 5.41) is 3.89. The molecule has 0 spiro atoms. The van der Waals surface area contributed by atoms with Crippen LogP contribution in [0.15, 0.2) is 34.2 Å². The highest BCUT2D eigenvalue weighted by molar-refractivity contribution is 7.99. The van der Waals surface area contributed by atoms with Crippen molar-refractivity contribution >= 4 is 44.9 Å². The minimum atomic E-state index is -0.414. The Bertz CT molecular complexity index is 1140. The average molecular weight is 448 g/mol. The number of hydrogen-bond donors (Lipinski definition) is 1. The minimum absolute atomic E-state index is 0.0620. The first-order valence-corrected chi connectivity index (χ1v) is 11.6. The molecule has 0 bridgehead atoms. The van der Waals surface area contributed by atoms with Crippen molar-refractivity contribution in [3.05, 3.63) is 50.9 Å². The van der Waals surface area contributed by atoms with Gasteiger partial charge in [0.05, 0.1) is 24.3 Å². The SMILES string of the molecule is COCCn1c(SCC(=O)Nc2cccc(F)c2)nc2sc3c(c2c1=O)CCCC3. The molecule has 0 saturated carbocycles. The minimum Gasteiger partial charge on any atom is -0.383 e. The first-order chi connectivity index (χ1) is 14.6. The van der Waals surface area contributed by atoms with E-state index < -0.39 is 5.82 Å². The quantitative estimate of drug-likeness (QED) is 0.440. The maximum Gasteiger partial charge on any atom is 0.263 e. The molecule has 0 saturated heterocycles. The van der Waals surface area contributed by atoms with Gasteiger partial charge in [0.2, 0.25) is 5.91 Å². The highest BCUT2D eigenvalue weighted by Crippen LogP contribution is 2.34. The summed E-state index contributed by atoms with van der Waals surface area (Å²) in [7, 11) is 1.59. The first-order valence-electron chi connectivity index (χ1n) is 9.79. The Balaban J connectivity index is 1.60. The molecule has 1 amide bonds. The molecule has 158 valence electrons. The lowest BCUT2D eigenvalue weighted by Gasteiger charge is -2.13. The van der Waals surface area contributed by atoms with Gasteiger partial charge in [0, 0.05) is 17.7 Å². The summed E-state index contributed by atoms with van der Waals surface area (Å²) < 4.78 is 20.1. The van der Waals surface area contributed by atoms with Crippen molar-refractivity contribution in [2.24, 2.45) is 0 Å². The predicted octanol–water partition coefficient (Wildman–Crippen LogP) is 3.85. The Morgan fingerprint density at radius 1 is 1.37 bits per heavy atom. The highest BCUT2D eigenvalue weighted by Gasteiger charge is 2.22. The zero-order valence-corrected chi connectivity index (χ0v) is 18.2. The lowest BCUT2D eigenvalue weighted by atomic mass is 9.97. The number of benzene rings is 1. The summed E-state index contributed by atoms with van der Waals surface area (Å²) in [5.41, 5.74) is 1.47. The van der Waals surface area contributed by atoms with Gasteiger partial charge in [-0.1, -0.05) is 17.8 Å². The monoisotopic (exact) mass is 447 g/mol. The first kappa shape index (κ1) is 21.0. The molecule has 0 unspecified atom stereocenters. The molecule has 0 fully saturated rings. The lowest BCUT2D eigenvalue weighted by Crippen LogP contribution is -2.26. The van der Waals surface area contributed by atoms with Gasteiger partial charge in [0.15, 0.2) is 5.16 Å². The normalized spacial score (nSPS) is 13.4. The average Bonchev–Trinajstić information content (AvgIpc) is 3.10. The summed E-state index contributed by atoms with van der Waals surface area (Å²) in [6, 6.07) is 5.74. The van der Waals surface area contributed by atoms with Crippen molar-refractivity contribution < 1.29 is 13.9 Å². The molecule has 1 N–H and O–H groups in total. The summed E-state index contributed by atoms with van der Waals surface area (Å²) in [6.45, 7) is 0.749. The molecule has 1 aliphatic carbocycles. The van der Waals surface area contributed by atoms with Gasteiger partial charge >= 0.3 is 0 Å². The topological polar surface area (TPSA) is 73.2 Å². The van der Waals surface area contributed by atoms with E-state index in [2.05, 4.69) is 5.32 Å². The number of amides is 1. The smallest absolute Gasteiger partial charge is 0.263 e. The maximum atomic E-state index is 13.3. The third kappa shape index (κ3) is 4.43. The molecular formula is C21H22FN3O3S2. The van der Waals surface area contributed by atoms with Crippen LogP contribution in [-0.4, -0.2) is 34.9 Å². The molecule has 1 aromatic carbocycles. The van der Waals surface area contributed by atoms with E-state index in [1.54, 1.807) is 29.1 Å². The van der Waals surface area contributed by atoms with Crippen molar-refractivity contribution in [2.45, 2.75) is 37.4 Å². The second-order valence-electron chi connectivity index (χ2n) is 7.08. The fraction of sp³-hybridized carbons (Fsp3) is 0.381. The number of nitrogens with one attached hydrogen (secondary N) is 1. The van der Waals surface area contributed by atoms with Gasteiger partial charge < -0.3 is 10.1 Å². The fourth-order valence-corrected chi connectivity index (χ4v) is 5.73. The molecule has 30 heavy (non-hydrogen) atoms. The predicted molar refractivity (Wildman–Crippen MR) is 118 cm³/mol. The number of nitrogens with zero attached hydrogens (tertiary/aromatic N) is 2. The van der Waals surface area contributed by atoms with Crippen molar-refractivity contribution in [1.29, 1.82) is 0 Å². The van der Waals surface area contributed by atoms with Crippen LogP contribution in [0, 0.1) is 5.82 Å². The van der Waals surface area contributed by atoms with Crippen LogP contribution in [0.2, 0.25) is 0 Å². The number of carbonyl (C=O) groups excluding carboxylic acids is 1. The number of ether oxygens (including phenoxy) is 1. The van der Waals surface area contributed by atoms with Crippen LogP contribution in [0.1, 0.15) is 23.3 Å². The number of aryl methyl sites for hydroxylation is 2. The van der Waals surface area contributed by atoms with E-state index >= 15 is 0 Å². The number of halogens is 1. The standard InChI is InChI=1S/C21H22FN3O3S2/c1-28-10-9-25-20(27)18-15-7-2-3-8-16(15)30-19(18)24-21(25)29-12-17(26)23-14-6-4-5-13(22)11-14/h4-6,11H,2-3,7-10,12H2,1H3,(H,23,26). The van der Waals surface area contributed by atoms with Crippen molar-refractivity contribution in [1.82, 2.24) is 9.55 Å². The Morgan fingerprint density at radius 3 is 3.00 bits per heavy atom. The largest absolute Gasteiger partial charge is 0.383 e. The molecule has 0 atom stereocenters. The third-order valence-electron chi connectivity index (χ3n) is 5.00. The summed E-state index contributed by atoms with van der Waals surface area (Å²) in [4.78, 5) is 32.4. The molecule has 2 aromatic heterocycles. The van der Waals surface area contributed by atoms with Gasteiger partial charge in [-0.25, -0.2) is 9.37 Å². The molecule has 4 rings (SSSR count). The molecule has 3 aromatic rings. The van der Waals surface area contributed by atoms with Crippen LogP contribution in [0.5, 0.6) is 0 Å². The van der Waals surface area contributed by atoms with E-state index in [9.17, 15) is 14.0 Å². The molecule has 1 aliphatic rings. The van der Waals surface area contributed by atoms with E-state index in [-0.39, 0.29) is 17.2 Å². The number of thiophene rings is 1. The van der Waals surface area contributed by atoms with Crippen LogP contribution in [0.25, 0.3) is 10.2 Å². The number of thioether (sulfide) groups is 1. The molecule has 9 heteroatoms. The molecule has 0 aliphatic heterocycles. The fourth-order valence-electron chi connectivity index (χ4n) is 3.60. The summed E-state index contributed by atoms with van der Waals surface area (Å²) in [6.07, 6.45) is 4.14. The number of hydrogen-bond acceptors (Lipinski definition) is 6. The van der Waals surface area contributed by atoms with Gasteiger partial charge in [-0.3, -0.25) is 14.2 Å².